The van der Waals surface area contributed by atoms with Crippen molar-refractivity contribution in [3.8, 4) is 5.75 Å². The Morgan fingerprint density at radius 1 is 0.952 bits per heavy atom. The minimum atomic E-state index is 0.468. The van der Waals surface area contributed by atoms with Crippen molar-refractivity contribution >= 4 is 52.1 Å². The summed E-state index contributed by atoms with van der Waals surface area (Å²) in [4.78, 5) is 0. The number of rotatable bonds is 5. The van der Waals surface area contributed by atoms with Crippen LogP contribution in [-0.2, 0) is 6.54 Å². The van der Waals surface area contributed by atoms with E-state index in [1.165, 1.54) is 0 Å². The van der Waals surface area contributed by atoms with Crippen molar-refractivity contribution in [1.29, 1.82) is 0 Å². The summed E-state index contributed by atoms with van der Waals surface area (Å²) in [5.41, 5.74) is 1.59. The zero-order valence-corrected chi connectivity index (χ0v) is 14.2. The number of hydrogen-bond acceptors (Lipinski definition) is 2. The molecular formula is C15H13Cl4NO. The van der Waals surface area contributed by atoms with Gasteiger partial charge in [-0.3, -0.25) is 0 Å². The SMILES string of the molecule is CCOc1c(Cl)cc(Cl)cc1CNc1cc(Cl)ccc1Cl. The van der Waals surface area contributed by atoms with E-state index in [4.69, 9.17) is 51.1 Å². The van der Waals surface area contributed by atoms with Gasteiger partial charge in [0, 0.05) is 22.2 Å². The van der Waals surface area contributed by atoms with E-state index in [0.717, 1.165) is 11.3 Å². The van der Waals surface area contributed by atoms with Crippen LogP contribution in [0.4, 0.5) is 5.69 Å². The maximum absolute atomic E-state index is 6.17. The van der Waals surface area contributed by atoms with Gasteiger partial charge in [-0.1, -0.05) is 46.4 Å². The Balaban J connectivity index is 2.25. The summed E-state index contributed by atoms with van der Waals surface area (Å²) in [6.07, 6.45) is 0. The molecule has 0 radical (unpaired) electrons. The van der Waals surface area contributed by atoms with E-state index in [-0.39, 0.29) is 0 Å². The summed E-state index contributed by atoms with van der Waals surface area (Å²) in [5, 5.41) is 5.44. The first-order valence-electron chi connectivity index (χ1n) is 6.31. The Bertz CT molecular complexity index is 646. The minimum absolute atomic E-state index is 0.468. The maximum Gasteiger partial charge on any atom is 0.142 e. The lowest BCUT2D eigenvalue weighted by molar-refractivity contribution is 0.337. The van der Waals surface area contributed by atoms with Crippen LogP contribution in [0.25, 0.3) is 0 Å². The van der Waals surface area contributed by atoms with Crippen LogP contribution in [-0.4, -0.2) is 6.61 Å². The molecule has 0 saturated heterocycles. The molecule has 2 rings (SSSR count). The predicted octanol–water partition coefficient (Wildman–Crippen LogP) is 6.31. The minimum Gasteiger partial charge on any atom is -0.492 e. The smallest absolute Gasteiger partial charge is 0.142 e. The van der Waals surface area contributed by atoms with Crippen LogP contribution in [0.5, 0.6) is 5.75 Å². The van der Waals surface area contributed by atoms with Crippen molar-refractivity contribution in [2.24, 2.45) is 0 Å². The van der Waals surface area contributed by atoms with Gasteiger partial charge in [0.15, 0.2) is 0 Å². The van der Waals surface area contributed by atoms with Gasteiger partial charge in [0.05, 0.1) is 22.3 Å². The van der Waals surface area contributed by atoms with Gasteiger partial charge in [-0.05, 0) is 37.3 Å². The van der Waals surface area contributed by atoms with Crippen molar-refractivity contribution in [2.75, 3.05) is 11.9 Å². The molecule has 0 aliphatic rings. The van der Waals surface area contributed by atoms with Gasteiger partial charge in [0.1, 0.15) is 5.75 Å². The molecule has 2 nitrogen and oxygen atoms in total. The second-order valence-corrected chi connectivity index (χ2v) is 5.97. The monoisotopic (exact) mass is 363 g/mol. The van der Waals surface area contributed by atoms with Crippen molar-refractivity contribution in [1.82, 2.24) is 0 Å². The Morgan fingerprint density at radius 3 is 2.43 bits per heavy atom. The van der Waals surface area contributed by atoms with E-state index in [1.807, 2.05) is 13.0 Å². The summed E-state index contributed by atoms with van der Waals surface area (Å²) in [7, 11) is 0. The normalized spacial score (nSPS) is 10.5. The van der Waals surface area contributed by atoms with Gasteiger partial charge in [-0.15, -0.1) is 0 Å². The van der Waals surface area contributed by atoms with Gasteiger partial charge < -0.3 is 10.1 Å². The first-order chi connectivity index (χ1) is 10.0. The van der Waals surface area contributed by atoms with Crippen molar-refractivity contribution in [3.63, 3.8) is 0 Å². The van der Waals surface area contributed by atoms with Crippen LogP contribution in [0, 0.1) is 0 Å². The number of anilines is 1. The van der Waals surface area contributed by atoms with Gasteiger partial charge in [0.2, 0.25) is 0 Å². The van der Waals surface area contributed by atoms with Gasteiger partial charge in [0.25, 0.3) is 0 Å². The first kappa shape index (κ1) is 16.6. The molecule has 0 unspecified atom stereocenters. The van der Waals surface area contributed by atoms with Crippen LogP contribution in [0.3, 0.4) is 0 Å². The largest absolute Gasteiger partial charge is 0.492 e. The Kier molecular flexibility index (Phi) is 5.88. The van der Waals surface area contributed by atoms with Crippen LogP contribution in [0.15, 0.2) is 30.3 Å². The Hall–Kier alpha value is -0.800. The molecule has 0 atom stereocenters. The van der Waals surface area contributed by atoms with Gasteiger partial charge in [-0.2, -0.15) is 0 Å². The lowest BCUT2D eigenvalue weighted by Crippen LogP contribution is -2.04. The van der Waals surface area contributed by atoms with E-state index in [2.05, 4.69) is 5.32 Å². The standard InChI is InChI=1S/C15H13Cl4NO/c1-2-21-15-9(5-11(17)6-13(15)19)8-20-14-7-10(16)3-4-12(14)18/h3-7,20H,2,8H2,1H3. The molecule has 0 aliphatic heterocycles. The summed E-state index contributed by atoms with van der Waals surface area (Å²) < 4.78 is 5.58. The molecule has 1 N–H and O–H groups in total. The highest BCUT2D eigenvalue weighted by Gasteiger charge is 2.11. The molecule has 2 aromatic rings. The fourth-order valence-corrected chi connectivity index (χ4v) is 2.82. The summed E-state index contributed by atoms with van der Waals surface area (Å²) in [6, 6.07) is 8.70. The quantitative estimate of drug-likeness (QED) is 0.670. The topological polar surface area (TPSA) is 21.3 Å². The number of hydrogen-bond donors (Lipinski definition) is 1. The van der Waals surface area contributed by atoms with Crippen molar-refractivity contribution in [3.05, 3.63) is 56.0 Å². The summed E-state index contributed by atoms with van der Waals surface area (Å²) in [5.74, 6) is 0.620. The van der Waals surface area contributed by atoms with Crippen molar-refractivity contribution < 1.29 is 4.74 Å². The first-order valence-corrected chi connectivity index (χ1v) is 7.82. The molecular weight excluding hydrogens is 352 g/mol. The second-order valence-electron chi connectivity index (χ2n) is 4.29. The van der Waals surface area contributed by atoms with Crippen LogP contribution in [0.1, 0.15) is 12.5 Å². The molecule has 0 aromatic heterocycles. The van der Waals surface area contributed by atoms with E-state index < -0.39 is 0 Å². The number of nitrogens with one attached hydrogen (secondary N) is 1. The molecule has 0 amide bonds. The zero-order chi connectivity index (χ0) is 15.4. The Labute approximate surface area is 143 Å². The third-order valence-corrected chi connectivity index (χ3v) is 3.84. The van der Waals surface area contributed by atoms with Crippen LogP contribution in [0.2, 0.25) is 20.1 Å². The highest BCUT2D eigenvalue weighted by atomic mass is 35.5. The van der Waals surface area contributed by atoms with E-state index >= 15 is 0 Å². The summed E-state index contributed by atoms with van der Waals surface area (Å²) in [6.45, 7) is 2.89. The lowest BCUT2D eigenvalue weighted by Gasteiger charge is -2.14. The zero-order valence-electron chi connectivity index (χ0n) is 11.2. The fourth-order valence-electron chi connectivity index (χ4n) is 1.87. The summed E-state index contributed by atoms with van der Waals surface area (Å²) >= 11 is 24.3. The average Bonchev–Trinajstić information content (AvgIpc) is 2.43. The molecule has 2 aromatic carbocycles. The lowest BCUT2D eigenvalue weighted by atomic mass is 10.2. The third-order valence-electron chi connectivity index (χ3n) is 2.77. The number of halogens is 4. The Morgan fingerprint density at radius 2 is 1.71 bits per heavy atom. The molecule has 21 heavy (non-hydrogen) atoms. The van der Waals surface area contributed by atoms with Gasteiger partial charge >= 0.3 is 0 Å². The highest BCUT2D eigenvalue weighted by molar-refractivity contribution is 6.36. The third kappa shape index (κ3) is 4.33. The van der Waals surface area contributed by atoms with Gasteiger partial charge in [-0.25, -0.2) is 0 Å². The average molecular weight is 365 g/mol. The molecule has 0 fully saturated rings. The molecule has 0 saturated carbocycles. The fraction of sp³-hybridized carbons (Fsp3) is 0.200. The molecule has 112 valence electrons. The molecule has 0 aliphatic carbocycles. The highest BCUT2D eigenvalue weighted by Crippen LogP contribution is 2.34. The van der Waals surface area contributed by atoms with E-state index in [9.17, 15) is 0 Å². The molecule has 0 spiro atoms. The second kappa shape index (κ2) is 7.46. The van der Waals surface area contributed by atoms with E-state index in [0.29, 0.717) is 39.0 Å². The molecule has 0 heterocycles. The molecule has 6 heteroatoms. The molecule has 0 bridgehead atoms. The van der Waals surface area contributed by atoms with Crippen LogP contribution < -0.4 is 10.1 Å². The van der Waals surface area contributed by atoms with Crippen LogP contribution >= 0.6 is 46.4 Å². The van der Waals surface area contributed by atoms with Crippen molar-refractivity contribution in [2.45, 2.75) is 13.5 Å². The number of ether oxygens (including phenoxy) is 1. The van der Waals surface area contributed by atoms with E-state index in [1.54, 1.807) is 24.3 Å². The predicted molar refractivity (Wildman–Crippen MR) is 91.4 cm³/mol. The maximum atomic E-state index is 6.17. The number of benzene rings is 2.